The summed E-state index contributed by atoms with van der Waals surface area (Å²) in [6.07, 6.45) is 1.86. The quantitative estimate of drug-likeness (QED) is 0.867. The van der Waals surface area contributed by atoms with Crippen LogP contribution in [0.15, 0.2) is 18.2 Å². The summed E-state index contributed by atoms with van der Waals surface area (Å²) >= 11 is 6.94. The molecule has 1 aromatic carbocycles. The molecule has 22 heavy (non-hydrogen) atoms. The first kappa shape index (κ1) is 15.6. The molecular weight excluding hydrogens is 314 g/mol. The molecule has 6 heteroatoms. The van der Waals surface area contributed by atoms with Crippen LogP contribution in [0.4, 0.5) is 5.13 Å². The molecule has 0 aliphatic carbocycles. The van der Waals surface area contributed by atoms with Crippen LogP contribution in [0.1, 0.15) is 35.6 Å². The number of rotatable bonds is 4. The number of aromatic nitrogens is 2. The molecule has 3 rings (SSSR count). The SMILES string of the molecule is Cc1ccc([C@@H](O)Cn2nc(N3CCCC3)sc2=S)cc1C. The van der Waals surface area contributed by atoms with Gasteiger partial charge in [0.05, 0.1) is 12.6 Å². The minimum atomic E-state index is -0.584. The maximum atomic E-state index is 10.5. The van der Waals surface area contributed by atoms with Gasteiger partial charge in [0.2, 0.25) is 5.13 Å². The van der Waals surface area contributed by atoms with Crippen molar-refractivity contribution < 1.29 is 5.11 Å². The molecule has 0 saturated carbocycles. The van der Waals surface area contributed by atoms with Crippen LogP contribution in [0, 0.1) is 17.8 Å². The number of hydrogen-bond acceptors (Lipinski definition) is 5. The lowest BCUT2D eigenvalue weighted by Gasteiger charge is -2.14. The standard InChI is InChI=1S/C16H21N3OS2/c1-11-5-6-13(9-12(11)2)14(20)10-19-16(21)22-15(17-19)18-7-3-4-8-18/h5-6,9,14,20H,3-4,7-8,10H2,1-2H3/t14-/m0/s1. The van der Waals surface area contributed by atoms with Gasteiger partial charge in [0.15, 0.2) is 3.95 Å². The van der Waals surface area contributed by atoms with Gasteiger partial charge in [-0.2, -0.15) is 0 Å². The minimum Gasteiger partial charge on any atom is -0.386 e. The van der Waals surface area contributed by atoms with E-state index in [1.165, 1.54) is 35.3 Å². The summed E-state index contributed by atoms with van der Waals surface area (Å²) < 4.78 is 2.48. The molecule has 0 radical (unpaired) electrons. The Balaban J connectivity index is 1.77. The molecule has 1 aliphatic heterocycles. The normalized spacial score (nSPS) is 16.2. The summed E-state index contributed by atoms with van der Waals surface area (Å²) in [5.74, 6) is 0. The smallest absolute Gasteiger partial charge is 0.207 e. The molecule has 118 valence electrons. The number of aliphatic hydroxyl groups excluding tert-OH is 1. The molecule has 4 nitrogen and oxygen atoms in total. The lowest BCUT2D eigenvalue weighted by molar-refractivity contribution is 0.151. The third-order valence-corrected chi connectivity index (χ3v) is 5.60. The molecule has 0 spiro atoms. The van der Waals surface area contributed by atoms with Gasteiger partial charge in [-0.3, -0.25) is 0 Å². The summed E-state index contributed by atoms with van der Waals surface area (Å²) in [5.41, 5.74) is 3.34. The van der Waals surface area contributed by atoms with Crippen LogP contribution in [0.25, 0.3) is 0 Å². The molecule has 2 heterocycles. The van der Waals surface area contributed by atoms with Gasteiger partial charge in [0, 0.05) is 13.1 Å². The summed E-state index contributed by atoms with van der Waals surface area (Å²) in [6, 6.07) is 6.06. The zero-order valence-corrected chi connectivity index (χ0v) is 14.6. The van der Waals surface area contributed by atoms with E-state index in [-0.39, 0.29) is 0 Å². The predicted molar refractivity (Wildman–Crippen MR) is 93.3 cm³/mol. The Kier molecular flexibility index (Phi) is 4.61. The van der Waals surface area contributed by atoms with E-state index in [0.717, 1.165) is 27.7 Å². The van der Waals surface area contributed by atoms with Crippen LogP contribution in [0.2, 0.25) is 0 Å². The lowest BCUT2D eigenvalue weighted by Crippen LogP contribution is -2.18. The molecule has 1 aromatic heterocycles. The lowest BCUT2D eigenvalue weighted by atomic mass is 10.0. The van der Waals surface area contributed by atoms with Gasteiger partial charge in [-0.15, -0.1) is 5.10 Å². The molecule has 0 unspecified atom stereocenters. The third-order valence-electron chi connectivity index (χ3n) is 4.23. The number of aryl methyl sites for hydroxylation is 2. The Morgan fingerprint density at radius 2 is 2.00 bits per heavy atom. The van der Waals surface area contributed by atoms with Crippen molar-refractivity contribution in [2.75, 3.05) is 18.0 Å². The van der Waals surface area contributed by atoms with E-state index < -0.39 is 6.10 Å². The molecule has 1 saturated heterocycles. The molecule has 1 aliphatic rings. The van der Waals surface area contributed by atoms with Gasteiger partial charge in [0.1, 0.15) is 0 Å². The zero-order valence-electron chi connectivity index (χ0n) is 13.0. The van der Waals surface area contributed by atoms with Crippen molar-refractivity contribution in [3.63, 3.8) is 0 Å². The van der Waals surface area contributed by atoms with E-state index in [0.29, 0.717) is 6.54 Å². The molecule has 1 N–H and O–H groups in total. The average Bonchev–Trinajstić information content (AvgIpc) is 3.12. The second kappa shape index (κ2) is 6.48. The van der Waals surface area contributed by atoms with E-state index in [1.807, 2.05) is 18.2 Å². The van der Waals surface area contributed by atoms with E-state index in [4.69, 9.17) is 12.2 Å². The van der Waals surface area contributed by atoms with Crippen molar-refractivity contribution in [3.8, 4) is 0 Å². The number of aliphatic hydroxyl groups is 1. The van der Waals surface area contributed by atoms with Gasteiger partial charge in [-0.1, -0.05) is 29.5 Å². The van der Waals surface area contributed by atoms with Crippen molar-refractivity contribution in [2.45, 2.75) is 39.3 Å². The topological polar surface area (TPSA) is 41.3 Å². The number of nitrogens with zero attached hydrogens (tertiary/aromatic N) is 3. The Morgan fingerprint density at radius 3 is 2.68 bits per heavy atom. The van der Waals surface area contributed by atoms with Crippen molar-refractivity contribution in [1.82, 2.24) is 9.78 Å². The van der Waals surface area contributed by atoms with Gasteiger partial charge in [-0.25, -0.2) is 4.68 Å². The summed E-state index contributed by atoms with van der Waals surface area (Å²) in [5, 5.41) is 16.0. The number of benzene rings is 1. The molecule has 0 amide bonds. The first-order valence-corrected chi connectivity index (χ1v) is 8.85. The van der Waals surface area contributed by atoms with Gasteiger partial charge in [0.25, 0.3) is 0 Å². The van der Waals surface area contributed by atoms with Crippen molar-refractivity contribution >= 4 is 28.7 Å². The summed E-state index contributed by atoms with van der Waals surface area (Å²) in [4.78, 5) is 2.28. The van der Waals surface area contributed by atoms with Gasteiger partial charge in [-0.05, 0) is 55.6 Å². The Hall–Kier alpha value is -1.24. The van der Waals surface area contributed by atoms with Crippen LogP contribution in [0.3, 0.4) is 0 Å². The van der Waals surface area contributed by atoms with E-state index in [9.17, 15) is 5.11 Å². The molecule has 1 atom stereocenters. The number of hydrogen-bond donors (Lipinski definition) is 1. The first-order valence-electron chi connectivity index (χ1n) is 7.63. The fourth-order valence-corrected chi connectivity index (χ4v) is 3.85. The van der Waals surface area contributed by atoms with Crippen LogP contribution >= 0.6 is 23.6 Å². The minimum absolute atomic E-state index is 0.408. The third kappa shape index (κ3) is 3.24. The van der Waals surface area contributed by atoms with Crippen LogP contribution < -0.4 is 4.90 Å². The summed E-state index contributed by atoms with van der Waals surface area (Å²) in [6.45, 7) is 6.66. The fraction of sp³-hybridized carbons (Fsp3) is 0.500. The Morgan fingerprint density at radius 1 is 1.27 bits per heavy atom. The van der Waals surface area contributed by atoms with Gasteiger partial charge >= 0.3 is 0 Å². The Labute approximate surface area is 140 Å². The van der Waals surface area contributed by atoms with E-state index in [2.05, 4.69) is 23.8 Å². The fourth-order valence-electron chi connectivity index (χ4n) is 2.69. The highest BCUT2D eigenvalue weighted by Gasteiger charge is 2.18. The number of anilines is 1. The maximum absolute atomic E-state index is 10.5. The van der Waals surface area contributed by atoms with E-state index in [1.54, 1.807) is 4.68 Å². The monoisotopic (exact) mass is 335 g/mol. The average molecular weight is 335 g/mol. The second-order valence-electron chi connectivity index (χ2n) is 5.89. The second-order valence-corrected chi connectivity index (χ2v) is 7.49. The molecule has 0 bridgehead atoms. The predicted octanol–water partition coefficient (Wildman–Crippen LogP) is 3.62. The molecular formula is C16H21N3OS2. The highest BCUT2D eigenvalue weighted by Crippen LogP contribution is 2.25. The van der Waals surface area contributed by atoms with Crippen molar-refractivity contribution in [3.05, 3.63) is 38.8 Å². The zero-order chi connectivity index (χ0) is 15.7. The van der Waals surface area contributed by atoms with Crippen LogP contribution in [-0.4, -0.2) is 28.0 Å². The largest absolute Gasteiger partial charge is 0.386 e. The van der Waals surface area contributed by atoms with Crippen molar-refractivity contribution in [1.29, 1.82) is 0 Å². The van der Waals surface area contributed by atoms with E-state index >= 15 is 0 Å². The highest BCUT2D eigenvalue weighted by molar-refractivity contribution is 7.73. The van der Waals surface area contributed by atoms with Crippen molar-refractivity contribution in [2.24, 2.45) is 0 Å². The Bertz CT molecular complexity index is 716. The van der Waals surface area contributed by atoms with Crippen LogP contribution in [0.5, 0.6) is 0 Å². The first-order chi connectivity index (χ1) is 10.5. The molecule has 1 fully saturated rings. The summed E-state index contributed by atoms with van der Waals surface area (Å²) in [7, 11) is 0. The molecule has 2 aromatic rings. The van der Waals surface area contributed by atoms with Crippen LogP contribution in [-0.2, 0) is 6.54 Å². The maximum Gasteiger partial charge on any atom is 0.207 e. The highest BCUT2D eigenvalue weighted by atomic mass is 32.1. The van der Waals surface area contributed by atoms with Gasteiger partial charge < -0.3 is 10.0 Å².